The number of benzene rings is 1. The van der Waals surface area contributed by atoms with Gasteiger partial charge in [-0.2, -0.15) is 0 Å². The molecule has 0 aromatic heterocycles. The Kier molecular flexibility index (Phi) is 5.45. The number of anilines is 1. The summed E-state index contributed by atoms with van der Waals surface area (Å²) in [5, 5.41) is 6.07. The van der Waals surface area contributed by atoms with E-state index >= 15 is 0 Å². The van der Waals surface area contributed by atoms with Crippen LogP contribution in [0.5, 0.6) is 0 Å². The lowest BCUT2D eigenvalue weighted by atomic mass is 10.0. The first-order valence-electron chi connectivity index (χ1n) is 7.06. The van der Waals surface area contributed by atoms with Crippen LogP contribution in [0.1, 0.15) is 20.3 Å². The number of amides is 2. The lowest BCUT2D eigenvalue weighted by Crippen LogP contribution is -2.36. The second kappa shape index (κ2) is 7.11. The third-order valence-corrected chi connectivity index (χ3v) is 3.68. The van der Waals surface area contributed by atoms with E-state index in [4.69, 9.17) is 21.1 Å². The monoisotopic (exact) mass is 312 g/mol. The summed E-state index contributed by atoms with van der Waals surface area (Å²) in [6, 6.07) is 6.85. The number of urea groups is 1. The van der Waals surface area contributed by atoms with Crippen LogP contribution in [0.4, 0.5) is 10.5 Å². The van der Waals surface area contributed by atoms with Crippen molar-refractivity contribution in [1.82, 2.24) is 5.32 Å². The molecule has 116 valence electrons. The molecule has 1 aromatic carbocycles. The first-order chi connectivity index (χ1) is 9.98. The largest absolute Gasteiger partial charge is 0.348 e. The molecule has 2 N–H and O–H groups in total. The first kappa shape index (κ1) is 16.1. The Balaban J connectivity index is 1.75. The molecule has 5 nitrogen and oxygen atoms in total. The van der Waals surface area contributed by atoms with Crippen molar-refractivity contribution in [3.05, 3.63) is 29.3 Å². The van der Waals surface area contributed by atoms with Crippen LogP contribution in [0.15, 0.2) is 24.3 Å². The molecule has 1 fully saturated rings. The molecule has 1 aliphatic heterocycles. The van der Waals surface area contributed by atoms with Crippen molar-refractivity contribution >= 4 is 23.3 Å². The molecule has 0 saturated carbocycles. The zero-order valence-corrected chi connectivity index (χ0v) is 13.1. The van der Waals surface area contributed by atoms with E-state index in [1.54, 1.807) is 12.1 Å². The van der Waals surface area contributed by atoms with Crippen molar-refractivity contribution in [2.24, 2.45) is 5.92 Å². The highest BCUT2D eigenvalue weighted by atomic mass is 35.5. The molecule has 0 radical (unpaired) electrons. The van der Waals surface area contributed by atoms with Crippen LogP contribution in [0.3, 0.4) is 0 Å². The smallest absolute Gasteiger partial charge is 0.319 e. The van der Waals surface area contributed by atoms with Gasteiger partial charge in [-0.1, -0.05) is 30.7 Å². The molecule has 1 unspecified atom stereocenters. The number of halogens is 1. The summed E-state index contributed by atoms with van der Waals surface area (Å²) in [5.74, 6) is -0.287. The van der Waals surface area contributed by atoms with Gasteiger partial charge >= 0.3 is 6.03 Å². The summed E-state index contributed by atoms with van der Waals surface area (Å²) in [5.41, 5.74) is 0.596. The topological polar surface area (TPSA) is 59.6 Å². The van der Waals surface area contributed by atoms with Gasteiger partial charge in [0.15, 0.2) is 5.79 Å². The molecule has 1 heterocycles. The molecule has 0 bridgehead atoms. The second-order valence-corrected chi connectivity index (χ2v) is 5.86. The van der Waals surface area contributed by atoms with Crippen LogP contribution in [0, 0.1) is 5.92 Å². The minimum atomic E-state index is -0.527. The van der Waals surface area contributed by atoms with Gasteiger partial charge in [-0.05, 0) is 25.0 Å². The van der Waals surface area contributed by atoms with Gasteiger partial charge < -0.3 is 20.1 Å². The fraction of sp³-hybridized carbons (Fsp3) is 0.533. The van der Waals surface area contributed by atoms with Crippen LogP contribution in [-0.2, 0) is 9.47 Å². The summed E-state index contributed by atoms with van der Waals surface area (Å²) in [7, 11) is 0. The third kappa shape index (κ3) is 4.88. The maximum Gasteiger partial charge on any atom is 0.319 e. The maximum absolute atomic E-state index is 11.8. The Hall–Kier alpha value is -1.30. The quantitative estimate of drug-likeness (QED) is 0.877. The van der Waals surface area contributed by atoms with Crippen molar-refractivity contribution in [2.75, 3.05) is 25.1 Å². The van der Waals surface area contributed by atoms with Gasteiger partial charge in [-0.25, -0.2) is 4.79 Å². The van der Waals surface area contributed by atoms with E-state index in [1.807, 2.05) is 26.0 Å². The summed E-state index contributed by atoms with van der Waals surface area (Å²) in [6.07, 6.45) is 0.735. The second-order valence-electron chi connectivity index (χ2n) is 5.45. The van der Waals surface area contributed by atoms with Crippen LogP contribution in [-0.4, -0.2) is 31.6 Å². The average Bonchev–Trinajstić information content (AvgIpc) is 2.85. The van der Waals surface area contributed by atoms with E-state index in [2.05, 4.69) is 10.6 Å². The van der Waals surface area contributed by atoms with E-state index in [9.17, 15) is 4.79 Å². The minimum Gasteiger partial charge on any atom is -0.348 e. The van der Waals surface area contributed by atoms with Gasteiger partial charge in [0, 0.05) is 13.0 Å². The van der Waals surface area contributed by atoms with Crippen molar-refractivity contribution < 1.29 is 14.3 Å². The lowest BCUT2D eigenvalue weighted by Gasteiger charge is -2.26. The highest BCUT2D eigenvalue weighted by Crippen LogP contribution is 2.26. The average molecular weight is 313 g/mol. The zero-order valence-electron chi connectivity index (χ0n) is 12.3. The predicted molar refractivity (Wildman–Crippen MR) is 82.6 cm³/mol. The summed E-state index contributed by atoms with van der Waals surface area (Å²) in [4.78, 5) is 11.8. The van der Waals surface area contributed by atoms with Crippen LogP contribution in [0.25, 0.3) is 0 Å². The van der Waals surface area contributed by atoms with E-state index in [0.29, 0.717) is 30.5 Å². The molecule has 6 heteroatoms. The molecule has 0 spiro atoms. The Morgan fingerprint density at radius 1 is 1.38 bits per heavy atom. The van der Waals surface area contributed by atoms with E-state index in [-0.39, 0.29) is 11.9 Å². The molecular formula is C15H21ClN2O3. The molecule has 2 amide bonds. The van der Waals surface area contributed by atoms with Crippen LogP contribution < -0.4 is 10.6 Å². The predicted octanol–water partition coefficient (Wildman–Crippen LogP) is 3.25. The standard InChI is InChI=1S/C15H21ClN2O3/c1-11(9-15(2)20-7-8-21-15)10-17-14(19)18-13-6-4-3-5-12(13)16/h3-6,11H,7-10H2,1-2H3,(H2,17,18,19). The number of carbonyl (C=O) groups is 1. The molecule has 0 aliphatic carbocycles. The minimum absolute atomic E-state index is 0.241. The molecule has 1 aromatic rings. The summed E-state index contributed by atoms with van der Waals surface area (Å²) in [6.45, 7) is 5.78. The van der Waals surface area contributed by atoms with Crippen molar-refractivity contribution in [3.8, 4) is 0 Å². The summed E-state index contributed by atoms with van der Waals surface area (Å²) < 4.78 is 11.1. The maximum atomic E-state index is 11.8. The van der Waals surface area contributed by atoms with Gasteiger partial charge in [-0.3, -0.25) is 0 Å². The van der Waals surface area contributed by atoms with Crippen molar-refractivity contribution in [2.45, 2.75) is 26.1 Å². The Bertz CT molecular complexity index is 490. The van der Waals surface area contributed by atoms with Crippen molar-refractivity contribution in [3.63, 3.8) is 0 Å². The highest BCUT2D eigenvalue weighted by Gasteiger charge is 2.32. The molecule has 2 rings (SSSR count). The Labute approximate surface area is 130 Å². The molecule has 1 aliphatic rings. The molecule has 1 atom stereocenters. The number of hydrogen-bond acceptors (Lipinski definition) is 3. The van der Waals surface area contributed by atoms with Crippen LogP contribution in [0.2, 0.25) is 5.02 Å². The number of nitrogens with one attached hydrogen (secondary N) is 2. The fourth-order valence-corrected chi connectivity index (χ4v) is 2.56. The molecule has 1 saturated heterocycles. The van der Waals surface area contributed by atoms with Gasteiger partial charge in [0.1, 0.15) is 0 Å². The number of carbonyl (C=O) groups excluding carboxylic acids is 1. The Morgan fingerprint density at radius 3 is 2.71 bits per heavy atom. The zero-order chi connectivity index (χ0) is 15.3. The van der Waals surface area contributed by atoms with Gasteiger partial charge in [0.25, 0.3) is 0 Å². The van der Waals surface area contributed by atoms with Crippen molar-refractivity contribution in [1.29, 1.82) is 0 Å². The number of rotatable bonds is 5. The normalized spacial score (nSPS) is 18.2. The lowest BCUT2D eigenvalue weighted by molar-refractivity contribution is -0.153. The van der Waals surface area contributed by atoms with E-state index < -0.39 is 5.79 Å². The third-order valence-electron chi connectivity index (χ3n) is 3.35. The number of ether oxygens (including phenoxy) is 2. The fourth-order valence-electron chi connectivity index (χ4n) is 2.38. The molecule has 21 heavy (non-hydrogen) atoms. The summed E-state index contributed by atoms with van der Waals surface area (Å²) >= 11 is 5.99. The first-order valence-corrected chi connectivity index (χ1v) is 7.43. The molecular weight excluding hydrogens is 292 g/mol. The van der Waals surface area contributed by atoms with E-state index in [1.165, 1.54) is 0 Å². The van der Waals surface area contributed by atoms with Gasteiger partial charge in [-0.15, -0.1) is 0 Å². The van der Waals surface area contributed by atoms with Gasteiger partial charge in [0.2, 0.25) is 0 Å². The SMILES string of the molecule is CC(CNC(=O)Nc1ccccc1Cl)CC1(C)OCCO1. The number of para-hydroxylation sites is 1. The Morgan fingerprint density at radius 2 is 2.05 bits per heavy atom. The number of hydrogen-bond donors (Lipinski definition) is 2. The van der Waals surface area contributed by atoms with E-state index in [0.717, 1.165) is 6.42 Å². The van der Waals surface area contributed by atoms with Crippen LogP contribution >= 0.6 is 11.6 Å². The van der Waals surface area contributed by atoms with Gasteiger partial charge in [0.05, 0.1) is 23.9 Å². The highest BCUT2D eigenvalue weighted by molar-refractivity contribution is 6.33.